The third-order valence-electron chi connectivity index (χ3n) is 3.00. The van der Waals surface area contributed by atoms with E-state index in [9.17, 15) is 8.78 Å². The van der Waals surface area contributed by atoms with Gasteiger partial charge in [0.1, 0.15) is 5.75 Å². The van der Waals surface area contributed by atoms with Gasteiger partial charge < -0.3 is 14.5 Å². The van der Waals surface area contributed by atoms with Crippen LogP contribution in [0.3, 0.4) is 0 Å². The first-order valence-electron chi connectivity index (χ1n) is 6.04. The Morgan fingerprint density at radius 2 is 1.61 bits per heavy atom. The Hall–Kier alpha value is -1.36. The van der Waals surface area contributed by atoms with E-state index in [0.717, 1.165) is 38.8 Å². The molecule has 1 saturated heterocycles. The minimum atomic E-state index is -3.13. The van der Waals surface area contributed by atoms with E-state index in [0.29, 0.717) is 0 Å². The number of alkyl halides is 2. The van der Waals surface area contributed by atoms with Gasteiger partial charge in [-0.05, 0) is 31.3 Å². The number of benzene rings is 1. The maximum Gasteiger partial charge on any atom is 0.394 e. The second-order valence-corrected chi connectivity index (χ2v) is 4.69. The summed E-state index contributed by atoms with van der Waals surface area (Å²) in [5.74, 6) is 0.195. The molecule has 0 saturated carbocycles. The van der Waals surface area contributed by atoms with Crippen molar-refractivity contribution >= 4 is 5.69 Å². The normalized spacial score (nSPS) is 17.9. The van der Waals surface area contributed by atoms with Crippen molar-refractivity contribution in [3.8, 4) is 5.75 Å². The van der Waals surface area contributed by atoms with Crippen LogP contribution in [0.4, 0.5) is 14.5 Å². The molecule has 100 valence electrons. The topological polar surface area (TPSA) is 15.7 Å². The summed E-state index contributed by atoms with van der Waals surface area (Å²) in [5, 5.41) is 0. The van der Waals surface area contributed by atoms with Crippen LogP contribution in [-0.4, -0.2) is 44.2 Å². The minimum absolute atomic E-state index is 0.195. The highest BCUT2D eigenvalue weighted by Crippen LogP contribution is 2.24. The van der Waals surface area contributed by atoms with Crippen molar-refractivity contribution in [3.63, 3.8) is 0 Å². The third-order valence-corrected chi connectivity index (χ3v) is 3.00. The molecule has 3 nitrogen and oxygen atoms in total. The molecule has 0 unspecified atom stereocenters. The van der Waals surface area contributed by atoms with Crippen molar-refractivity contribution < 1.29 is 13.5 Å². The van der Waals surface area contributed by atoms with Crippen LogP contribution in [0, 0.1) is 0 Å². The largest absolute Gasteiger partial charge is 0.433 e. The molecule has 1 aromatic rings. The van der Waals surface area contributed by atoms with E-state index in [1.807, 2.05) is 12.1 Å². The first kappa shape index (κ1) is 13.1. The van der Waals surface area contributed by atoms with Gasteiger partial charge in [-0.15, -0.1) is 0 Å². The number of anilines is 1. The molecular weight excluding hydrogens is 238 g/mol. The summed E-state index contributed by atoms with van der Waals surface area (Å²) in [6.07, 6.45) is -3.13. The summed E-state index contributed by atoms with van der Waals surface area (Å²) in [5.41, 5.74) is 1.05. The summed E-state index contributed by atoms with van der Waals surface area (Å²) in [4.78, 5) is 4.51. The standard InChI is InChI=1S/C13H18F2N2O/c1-13(14,15)18-12-5-3-11(4-6-12)17-9-7-16(2)8-10-17/h3-6H,7-10H2,1-2H3. The van der Waals surface area contributed by atoms with Crippen LogP contribution in [-0.2, 0) is 0 Å². The smallest absolute Gasteiger partial charge is 0.394 e. The molecule has 1 heterocycles. The molecule has 1 fully saturated rings. The predicted molar refractivity (Wildman–Crippen MR) is 67.4 cm³/mol. The van der Waals surface area contributed by atoms with Gasteiger partial charge in [-0.1, -0.05) is 0 Å². The van der Waals surface area contributed by atoms with Gasteiger partial charge in [0.25, 0.3) is 0 Å². The molecule has 2 rings (SSSR count). The highest BCUT2D eigenvalue weighted by molar-refractivity contribution is 5.49. The van der Waals surface area contributed by atoms with Crippen LogP contribution < -0.4 is 9.64 Å². The van der Waals surface area contributed by atoms with Crippen molar-refractivity contribution in [2.24, 2.45) is 0 Å². The van der Waals surface area contributed by atoms with Crippen LogP contribution in [0.5, 0.6) is 5.75 Å². The zero-order valence-corrected chi connectivity index (χ0v) is 10.7. The van der Waals surface area contributed by atoms with Gasteiger partial charge in [0.15, 0.2) is 0 Å². The van der Waals surface area contributed by atoms with Gasteiger partial charge >= 0.3 is 6.11 Å². The first-order chi connectivity index (χ1) is 8.44. The molecule has 0 aromatic heterocycles. The highest BCUT2D eigenvalue weighted by Gasteiger charge is 2.23. The number of rotatable bonds is 3. The van der Waals surface area contributed by atoms with Crippen molar-refractivity contribution in [1.82, 2.24) is 4.90 Å². The lowest BCUT2D eigenvalue weighted by Crippen LogP contribution is -2.44. The lowest BCUT2D eigenvalue weighted by molar-refractivity contribution is -0.158. The molecular formula is C13H18F2N2O. The molecule has 5 heteroatoms. The molecule has 1 aliphatic rings. The van der Waals surface area contributed by atoms with E-state index in [1.165, 1.54) is 0 Å². The lowest BCUT2D eigenvalue weighted by atomic mass is 10.2. The Balaban J connectivity index is 1.99. The molecule has 1 aliphatic heterocycles. The van der Waals surface area contributed by atoms with Gasteiger partial charge in [0, 0.05) is 38.8 Å². The predicted octanol–water partition coefficient (Wildman–Crippen LogP) is 2.43. The molecule has 0 N–H and O–H groups in total. The van der Waals surface area contributed by atoms with E-state index in [4.69, 9.17) is 0 Å². The zero-order chi connectivity index (χ0) is 13.2. The second kappa shape index (κ2) is 5.10. The molecule has 0 spiro atoms. The van der Waals surface area contributed by atoms with Gasteiger partial charge in [-0.2, -0.15) is 8.78 Å². The zero-order valence-electron chi connectivity index (χ0n) is 10.7. The van der Waals surface area contributed by atoms with E-state index < -0.39 is 6.11 Å². The Morgan fingerprint density at radius 1 is 1.06 bits per heavy atom. The van der Waals surface area contributed by atoms with E-state index in [-0.39, 0.29) is 5.75 Å². The molecule has 0 atom stereocenters. The van der Waals surface area contributed by atoms with Crippen LogP contribution in [0.1, 0.15) is 6.92 Å². The SMILES string of the molecule is CN1CCN(c2ccc(OC(C)(F)F)cc2)CC1. The molecule has 0 bridgehead atoms. The van der Waals surface area contributed by atoms with E-state index >= 15 is 0 Å². The number of hydrogen-bond donors (Lipinski definition) is 0. The summed E-state index contributed by atoms with van der Waals surface area (Å²) in [6.45, 7) is 4.69. The number of nitrogens with zero attached hydrogens (tertiary/aromatic N) is 2. The number of likely N-dealkylation sites (N-methyl/N-ethyl adjacent to an activating group) is 1. The Morgan fingerprint density at radius 3 is 2.11 bits per heavy atom. The van der Waals surface area contributed by atoms with E-state index in [2.05, 4.69) is 21.6 Å². The van der Waals surface area contributed by atoms with Gasteiger partial charge in [-0.25, -0.2) is 0 Å². The van der Waals surface area contributed by atoms with Gasteiger partial charge in [0.05, 0.1) is 0 Å². The van der Waals surface area contributed by atoms with Crippen LogP contribution in [0.2, 0.25) is 0 Å². The quantitative estimate of drug-likeness (QED) is 0.826. The van der Waals surface area contributed by atoms with Crippen LogP contribution in [0.15, 0.2) is 24.3 Å². The number of hydrogen-bond acceptors (Lipinski definition) is 3. The average Bonchev–Trinajstić information content (AvgIpc) is 2.29. The van der Waals surface area contributed by atoms with Crippen molar-refractivity contribution in [2.45, 2.75) is 13.0 Å². The van der Waals surface area contributed by atoms with Crippen molar-refractivity contribution in [2.75, 3.05) is 38.1 Å². The number of piperazine rings is 1. The fourth-order valence-corrected chi connectivity index (χ4v) is 2.00. The minimum Gasteiger partial charge on any atom is -0.433 e. The van der Waals surface area contributed by atoms with Crippen LogP contribution >= 0.6 is 0 Å². The molecule has 0 aliphatic carbocycles. The van der Waals surface area contributed by atoms with Crippen molar-refractivity contribution in [1.29, 1.82) is 0 Å². The highest BCUT2D eigenvalue weighted by atomic mass is 19.3. The van der Waals surface area contributed by atoms with Gasteiger partial charge in [-0.3, -0.25) is 0 Å². The van der Waals surface area contributed by atoms with E-state index in [1.54, 1.807) is 12.1 Å². The second-order valence-electron chi connectivity index (χ2n) is 4.69. The monoisotopic (exact) mass is 256 g/mol. The van der Waals surface area contributed by atoms with Crippen molar-refractivity contribution in [3.05, 3.63) is 24.3 Å². The fourth-order valence-electron chi connectivity index (χ4n) is 2.00. The summed E-state index contributed by atoms with van der Waals surface area (Å²) in [7, 11) is 2.09. The molecule has 18 heavy (non-hydrogen) atoms. The molecule has 0 amide bonds. The lowest BCUT2D eigenvalue weighted by Gasteiger charge is -2.34. The maximum absolute atomic E-state index is 12.7. The fraction of sp³-hybridized carbons (Fsp3) is 0.538. The number of halogens is 2. The Bertz CT molecular complexity index is 381. The van der Waals surface area contributed by atoms with Crippen LogP contribution in [0.25, 0.3) is 0 Å². The van der Waals surface area contributed by atoms with Gasteiger partial charge in [0.2, 0.25) is 0 Å². The average molecular weight is 256 g/mol. The molecule has 1 aromatic carbocycles. The number of ether oxygens (including phenoxy) is 1. The summed E-state index contributed by atoms with van der Waals surface area (Å²) in [6, 6.07) is 6.83. The first-order valence-corrected chi connectivity index (χ1v) is 6.04. The third kappa shape index (κ3) is 3.57. The molecule has 0 radical (unpaired) electrons. The Kier molecular flexibility index (Phi) is 3.71. The summed E-state index contributed by atoms with van der Waals surface area (Å²) >= 11 is 0. The maximum atomic E-state index is 12.7. The Labute approximate surface area is 106 Å². The summed E-state index contributed by atoms with van der Waals surface area (Å²) < 4.78 is 29.8.